The highest BCUT2D eigenvalue weighted by Gasteiger charge is 2.31. The molecule has 2 aliphatic rings. The van der Waals surface area contributed by atoms with Gasteiger partial charge in [0.15, 0.2) is 17.5 Å². The van der Waals surface area contributed by atoms with Crippen molar-refractivity contribution >= 4 is 35.8 Å². The lowest BCUT2D eigenvalue weighted by molar-refractivity contribution is -0.135. The molecule has 1 atom stereocenters. The second-order valence-corrected chi connectivity index (χ2v) is 8.77. The summed E-state index contributed by atoms with van der Waals surface area (Å²) in [5.74, 6) is 2.99. The maximum Gasteiger partial charge on any atom is 0.225 e. The van der Waals surface area contributed by atoms with Crippen molar-refractivity contribution in [2.24, 2.45) is 10.9 Å². The van der Waals surface area contributed by atoms with Gasteiger partial charge >= 0.3 is 0 Å². The third-order valence-electron chi connectivity index (χ3n) is 6.48. The average molecular weight is 573 g/mol. The van der Waals surface area contributed by atoms with Crippen LogP contribution >= 0.6 is 24.0 Å². The molecule has 2 fully saturated rings. The molecule has 1 amide bonds. The lowest BCUT2D eigenvalue weighted by atomic mass is 9.88. The average Bonchev–Trinajstić information content (AvgIpc) is 3.30. The Morgan fingerprint density at radius 2 is 1.97 bits per heavy atom. The number of methoxy groups -OCH3 is 1. The Hall–Kier alpha value is -1.71. The third kappa shape index (κ3) is 8.22. The van der Waals surface area contributed by atoms with Crippen LogP contribution in [0.1, 0.15) is 57.4 Å². The van der Waals surface area contributed by atoms with E-state index in [2.05, 4.69) is 32.7 Å². The highest BCUT2D eigenvalue weighted by Crippen LogP contribution is 2.28. The first kappa shape index (κ1) is 27.5. The van der Waals surface area contributed by atoms with Gasteiger partial charge in [-0.3, -0.25) is 9.79 Å². The van der Waals surface area contributed by atoms with E-state index >= 15 is 0 Å². The van der Waals surface area contributed by atoms with Gasteiger partial charge in [0, 0.05) is 38.6 Å². The van der Waals surface area contributed by atoms with Crippen molar-refractivity contribution in [3.63, 3.8) is 0 Å². The molecule has 1 aliphatic heterocycles. The largest absolute Gasteiger partial charge is 0.493 e. The fourth-order valence-electron chi connectivity index (χ4n) is 4.72. The Labute approximate surface area is 216 Å². The summed E-state index contributed by atoms with van der Waals surface area (Å²) < 4.78 is 11.0. The molecule has 1 saturated heterocycles. The molecule has 3 rings (SSSR count). The summed E-state index contributed by atoms with van der Waals surface area (Å²) in [4.78, 5) is 19.2. The summed E-state index contributed by atoms with van der Waals surface area (Å²) in [6.45, 7) is 5.05. The Morgan fingerprint density at radius 3 is 2.67 bits per heavy atom. The molecule has 0 aromatic heterocycles. The molecule has 7 nitrogen and oxygen atoms in total. The quantitative estimate of drug-likeness (QED) is 0.203. The molecule has 1 aromatic rings. The molecule has 0 radical (unpaired) electrons. The number of carbonyl (C=O) groups excluding carboxylic acids is 1. The molecule has 0 bridgehead atoms. The number of guanidine groups is 1. The zero-order valence-corrected chi connectivity index (χ0v) is 22.7. The predicted molar refractivity (Wildman–Crippen MR) is 144 cm³/mol. The number of rotatable bonds is 9. The van der Waals surface area contributed by atoms with E-state index in [4.69, 9.17) is 9.47 Å². The highest BCUT2D eigenvalue weighted by molar-refractivity contribution is 14.0. The Balaban J connectivity index is 0.00000385. The van der Waals surface area contributed by atoms with Crippen LogP contribution < -0.4 is 20.1 Å². The lowest BCUT2D eigenvalue weighted by Crippen LogP contribution is -2.45. The Morgan fingerprint density at radius 1 is 1.18 bits per heavy atom. The van der Waals surface area contributed by atoms with E-state index in [9.17, 15) is 4.79 Å². The van der Waals surface area contributed by atoms with Crippen molar-refractivity contribution in [3.05, 3.63) is 23.8 Å². The molecule has 1 heterocycles. The fourth-order valence-corrected chi connectivity index (χ4v) is 4.72. The third-order valence-corrected chi connectivity index (χ3v) is 6.48. The molecule has 0 spiro atoms. The zero-order valence-electron chi connectivity index (χ0n) is 20.4. The number of aliphatic imine (C=N–C) groups is 1. The molecule has 1 unspecified atom stereocenters. The Kier molecular flexibility index (Phi) is 12.1. The minimum Gasteiger partial charge on any atom is -0.493 e. The number of hydrogen-bond donors (Lipinski definition) is 2. The maximum absolute atomic E-state index is 12.8. The number of ether oxygens (including phenoxy) is 2. The SMILES string of the molecule is CCOc1cc(CCCNC(=NC)NC2CCN(C(=O)C3CCCCC3)C2)ccc1OC.I. The molecule has 186 valence electrons. The number of benzene rings is 1. The molecule has 1 aromatic carbocycles. The summed E-state index contributed by atoms with van der Waals surface area (Å²) in [6.07, 6.45) is 8.72. The maximum atomic E-state index is 12.8. The molecule has 33 heavy (non-hydrogen) atoms. The number of amides is 1. The van der Waals surface area contributed by atoms with E-state index in [1.165, 1.54) is 24.8 Å². The molecule has 1 saturated carbocycles. The van der Waals surface area contributed by atoms with Crippen LogP contribution in [-0.4, -0.2) is 63.2 Å². The van der Waals surface area contributed by atoms with Gasteiger partial charge in [0.05, 0.1) is 13.7 Å². The van der Waals surface area contributed by atoms with Crippen LogP contribution in [0.3, 0.4) is 0 Å². The van der Waals surface area contributed by atoms with Crippen molar-refractivity contribution in [1.29, 1.82) is 0 Å². The standard InChI is InChI=1S/C25H40N4O3.HI/c1-4-32-23-17-19(12-13-22(23)31-3)9-8-15-27-25(26-2)28-21-14-16-29(18-21)24(30)20-10-6-5-7-11-20;/h12-13,17,20-21H,4-11,14-16,18H2,1-3H3,(H2,26,27,28);1H. The van der Waals surface area contributed by atoms with E-state index < -0.39 is 0 Å². The Bertz CT molecular complexity index is 768. The number of nitrogens with zero attached hydrogens (tertiary/aromatic N) is 2. The minimum absolute atomic E-state index is 0. The predicted octanol–water partition coefficient (Wildman–Crippen LogP) is 3.99. The number of halogens is 1. The monoisotopic (exact) mass is 572 g/mol. The van der Waals surface area contributed by atoms with Gasteiger partial charge in [0.25, 0.3) is 0 Å². The van der Waals surface area contributed by atoms with Crippen LogP contribution in [0.4, 0.5) is 0 Å². The summed E-state index contributed by atoms with van der Waals surface area (Å²) in [5.41, 5.74) is 1.23. The zero-order chi connectivity index (χ0) is 22.8. The topological polar surface area (TPSA) is 75.2 Å². The van der Waals surface area contributed by atoms with Gasteiger partial charge in [-0.05, 0) is 56.7 Å². The number of likely N-dealkylation sites (tertiary alicyclic amines) is 1. The smallest absolute Gasteiger partial charge is 0.225 e. The molecule has 1 aliphatic carbocycles. The number of hydrogen-bond acceptors (Lipinski definition) is 4. The van der Waals surface area contributed by atoms with Gasteiger partial charge in [0.1, 0.15) is 0 Å². The van der Waals surface area contributed by atoms with Crippen molar-refractivity contribution in [2.75, 3.05) is 40.4 Å². The normalized spacial score (nSPS) is 19.1. The van der Waals surface area contributed by atoms with Gasteiger partial charge in [-0.25, -0.2) is 0 Å². The molecule has 8 heteroatoms. The lowest BCUT2D eigenvalue weighted by Gasteiger charge is -2.26. The van der Waals surface area contributed by atoms with Crippen LogP contribution in [0.15, 0.2) is 23.2 Å². The van der Waals surface area contributed by atoms with Gasteiger partial charge < -0.3 is 25.0 Å². The second-order valence-electron chi connectivity index (χ2n) is 8.77. The van der Waals surface area contributed by atoms with Crippen LogP contribution in [0, 0.1) is 5.92 Å². The first-order valence-electron chi connectivity index (χ1n) is 12.2. The van der Waals surface area contributed by atoms with E-state index in [-0.39, 0.29) is 35.9 Å². The van der Waals surface area contributed by atoms with Gasteiger partial charge in [-0.2, -0.15) is 0 Å². The van der Waals surface area contributed by atoms with Gasteiger partial charge in [0.2, 0.25) is 5.91 Å². The van der Waals surface area contributed by atoms with Crippen molar-refractivity contribution < 1.29 is 14.3 Å². The van der Waals surface area contributed by atoms with E-state index in [0.29, 0.717) is 12.5 Å². The van der Waals surface area contributed by atoms with E-state index in [0.717, 1.165) is 69.2 Å². The van der Waals surface area contributed by atoms with E-state index in [1.54, 1.807) is 14.2 Å². The summed E-state index contributed by atoms with van der Waals surface area (Å²) in [6, 6.07) is 6.38. The summed E-state index contributed by atoms with van der Waals surface area (Å²) in [5, 5.41) is 6.92. The second kappa shape index (κ2) is 14.5. The van der Waals surface area contributed by atoms with Gasteiger partial charge in [-0.15, -0.1) is 24.0 Å². The van der Waals surface area contributed by atoms with Crippen LogP contribution in [-0.2, 0) is 11.2 Å². The van der Waals surface area contributed by atoms with Crippen LogP contribution in [0.5, 0.6) is 11.5 Å². The first-order chi connectivity index (χ1) is 15.6. The minimum atomic E-state index is 0. The number of nitrogens with one attached hydrogen (secondary N) is 2. The number of carbonyl (C=O) groups is 1. The van der Waals surface area contributed by atoms with Crippen molar-refractivity contribution in [1.82, 2.24) is 15.5 Å². The highest BCUT2D eigenvalue weighted by atomic mass is 127. The number of aryl methyl sites for hydroxylation is 1. The molecular formula is C25H41IN4O3. The van der Waals surface area contributed by atoms with Crippen LogP contribution in [0.2, 0.25) is 0 Å². The molecule has 2 N–H and O–H groups in total. The van der Waals surface area contributed by atoms with Crippen LogP contribution in [0.25, 0.3) is 0 Å². The first-order valence-corrected chi connectivity index (χ1v) is 12.2. The van der Waals surface area contributed by atoms with Crippen molar-refractivity contribution in [3.8, 4) is 11.5 Å². The van der Waals surface area contributed by atoms with E-state index in [1.807, 2.05) is 13.0 Å². The summed E-state index contributed by atoms with van der Waals surface area (Å²) >= 11 is 0. The molecular weight excluding hydrogens is 531 g/mol. The van der Waals surface area contributed by atoms with Crippen molar-refractivity contribution in [2.45, 2.75) is 64.3 Å². The summed E-state index contributed by atoms with van der Waals surface area (Å²) in [7, 11) is 3.46. The van der Waals surface area contributed by atoms with Gasteiger partial charge in [-0.1, -0.05) is 25.3 Å². The fraction of sp³-hybridized carbons (Fsp3) is 0.680.